The molecule has 0 spiro atoms. The molecule has 1 aliphatic rings. The maximum atomic E-state index is 12.5. The van der Waals surface area contributed by atoms with Crippen LogP contribution in [0.25, 0.3) is 0 Å². The highest BCUT2D eigenvalue weighted by Crippen LogP contribution is 2.28. The van der Waals surface area contributed by atoms with Gasteiger partial charge in [-0.1, -0.05) is 0 Å². The van der Waals surface area contributed by atoms with E-state index >= 15 is 0 Å². The van der Waals surface area contributed by atoms with Gasteiger partial charge in [-0.25, -0.2) is 13.1 Å². The van der Waals surface area contributed by atoms with Gasteiger partial charge in [0.2, 0.25) is 10.0 Å². The SMILES string of the molecule is Cc1csc(CNC2CC2)c1S(=O)(=O)NCc1ccoc1. The molecule has 114 valence electrons. The topological polar surface area (TPSA) is 71.3 Å². The molecule has 0 aliphatic heterocycles. The average Bonchev–Trinajstić information content (AvgIpc) is 2.97. The first-order valence-electron chi connectivity index (χ1n) is 6.87. The molecule has 7 heteroatoms. The minimum absolute atomic E-state index is 0.240. The summed E-state index contributed by atoms with van der Waals surface area (Å²) >= 11 is 1.50. The van der Waals surface area contributed by atoms with Crippen LogP contribution in [0.2, 0.25) is 0 Å². The van der Waals surface area contributed by atoms with Crippen molar-refractivity contribution in [3.8, 4) is 0 Å². The Labute approximate surface area is 128 Å². The number of thiophene rings is 1. The lowest BCUT2D eigenvalue weighted by atomic mass is 10.3. The number of aryl methyl sites for hydroxylation is 1. The van der Waals surface area contributed by atoms with Crippen molar-refractivity contribution in [2.45, 2.75) is 43.8 Å². The van der Waals surface area contributed by atoms with Crippen LogP contribution in [0.5, 0.6) is 0 Å². The number of nitrogens with one attached hydrogen (secondary N) is 2. The Morgan fingerprint density at radius 1 is 1.38 bits per heavy atom. The second-order valence-corrected chi connectivity index (χ2v) is 7.95. The Hall–Kier alpha value is -1.15. The van der Waals surface area contributed by atoms with Crippen LogP contribution in [0.4, 0.5) is 0 Å². The smallest absolute Gasteiger partial charge is 0.242 e. The molecule has 0 aromatic carbocycles. The van der Waals surface area contributed by atoms with Crippen LogP contribution < -0.4 is 10.0 Å². The van der Waals surface area contributed by atoms with Crippen LogP contribution in [0.1, 0.15) is 28.8 Å². The maximum Gasteiger partial charge on any atom is 0.242 e. The van der Waals surface area contributed by atoms with Crippen molar-refractivity contribution >= 4 is 21.4 Å². The van der Waals surface area contributed by atoms with Gasteiger partial charge in [0.25, 0.3) is 0 Å². The molecule has 0 saturated heterocycles. The van der Waals surface area contributed by atoms with E-state index in [1.807, 2.05) is 12.3 Å². The molecule has 5 nitrogen and oxygen atoms in total. The molecule has 0 unspecified atom stereocenters. The normalized spacial score (nSPS) is 15.5. The molecule has 0 atom stereocenters. The molecule has 3 rings (SSSR count). The van der Waals surface area contributed by atoms with E-state index in [0.717, 1.165) is 16.0 Å². The first-order chi connectivity index (χ1) is 10.1. The highest BCUT2D eigenvalue weighted by Gasteiger charge is 2.25. The zero-order valence-corrected chi connectivity index (χ0v) is 13.4. The molecule has 1 saturated carbocycles. The van der Waals surface area contributed by atoms with Crippen LogP contribution in [0, 0.1) is 6.92 Å². The molecule has 21 heavy (non-hydrogen) atoms. The quantitative estimate of drug-likeness (QED) is 0.819. The van der Waals surface area contributed by atoms with Crippen LogP contribution in [-0.4, -0.2) is 14.5 Å². The van der Waals surface area contributed by atoms with Crippen molar-refractivity contribution in [1.82, 2.24) is 10.0 Å². The van der Waals surface area contributed by atoms with Gasteiger partial charge in [-0.3, -0.25) is 0 Å². The Balaban J connectivity index is 1.75. The van der Waals surface area contributed by atoms with Crippen LogP contribution in [0.3, 0.4) is 0 Å². The predicted octanol–water partition coefficient (Wildman–Crippen LogP) is 2.38. The molecule has 1 fully saturated rings. The summed E-state index contributed by atoms with van der Waals surface area (Å²) in [5.74, 6) is 0. The van der Waals surface area contributed by atoms with Crippen molar-refractivity contribution in [2.75, 3.05) is 0 Å². The second-order valence-electron chi connectivity index (χ2n) is 5.28. The third kappa shape index (κ3) is 3.55. The standard InChI is InChI=1S/C14H18N2O3S2/c1-10-9-20-13(7-15-12-2-3-12)14(10)21(17,18)16-6-11-4-5-19-8-11/h4-5,8-9,12,15-16H,2-3,6-7H2,1H3. The third-order valence-electron chi connectivity index (χ3n) is 3.43. The highest BCUT2D eigenvalue weighted by molar-refractivity contribution is 7.89. The predicted molar refractivity (Wildman–Crippen MR) is 81.7 cm³/mol. The molecular weight excluding hydrogens is 308 g/mol. The molecule has 2 aromatic heterocycles. The van der Waals surface area contributed by atoms with Crippen LogP contribution in [0.15, 0.2) is 33.3 Å². The fraction of sp³-hybridized carbons (Fsp3) is 0.429. The summed E-state index contributed by atoms with van der Waals surface area (Å²) in [6, 6.07) is 2.31. The summed E-state index contributed by atoms with van der Waals surface area (Å²) < 4.78 is 32.6. The number of rotatable bonds is 7. The summed E-state index contributed by atoms with van der Waals surface area (Å²) in [6.07, 6.45) is 5.44. The van der Waals surface area contributed by atoms with Gasteiger partial charge in [0, 0.05) is 29.6 Å². The van der Waals surface area contributed by atoms with Gasteiger partial charge in [-0.15, -0.1) is 11.3 Å². The number of furan rings is 1. The lowest BCUT2D eigenvalue weighted by molar-refractivity contribution is 0.561. The second kappa shape index (κ2) is 5.92. The molecular formula is C14H18N2O3S2. The van der Waals surface area contributed by atoms with E-state index in [1.54, 1.807) is 12.3 Å². The van der Waals surface area contributed by atoms with Gasteiger partial charge in [-0.05, 0) is 36.8 Å². The van der Waals surface area contributed by atoms with E-state index in [1.165, 1.54) is 30.4 Å². The molecule has 2 N–H and O–H groups in total. The van der Waals surface area contributed by atoms with E-state index in [-0.39, 0.29) is 6.54 Å². The first kappa shape index (κ1) is 14.8. The van der Waals surface area contributed by atoms with Gasteiger partial charge in [0.05, 0.1) is 12.5 Å². The van der Waals surface area contributed by atoms with Crippen LogP contribution in [-0.2, 0) is 23.1 Å². The largest absolute Gasteiger partial charge is 0.472 e. The first-order valence-corrected chi connectivity index (χ1v) is 9.23. The van der Waals surface area contributed by atoms with E-state index in [4.69, 9.17) is 4.42 Å². The Morgan fingerprint density at radius 2 is 2.19 bits per heavy atom. The van der Waals surface area contributed by atoms with E-state index in [9.17, 15) is 8.42 Å². The highest BCUT2D eigenvalue weighted by atomic mass is 32.2. The Bertz CT molecular complexity index is 701. The molecule has 2 heterocycles. The van der Waals surface area contributed by atoms with Crippen molar-refractivity contribution in [1.29, 1.82) is 0 Å². The van der Waals surface area contributed by atoms with Gasteiger partial charge >= 0.3 is 0 Å². The van der Waals surface area contributed by atoms with Crippen molar-refractivity contribution in [3.05, 3.63) is 40.0 Å². The van der Waals surface area contributed by atoms with Gasteiger partial charge < -0.3 is 9.73 Å². The van der Waals surface area contributed by atoms with Gasteiger partial charge in [0.1, 0.15) is 4.90 Å². The molecule has 0 amide bonds. The maximum absolute atomic E-state index is 12.5. The molecule has 1 aliphatic carbocycles. The summed E-state index contributed by atoms with van der Waals surface area (Å²) in [7, 11) is -3.50. The zero-order chi connectivity index (χ0) is 14.9. The number of sulfonamides is 1. The fourth-order valence-corrected chi connectivity index (χ4v) is 4.91. The molecule has 2 aromatic rings. The summed E-state index contributed by atoms with van der Waals surface area (Å²) in [4.78, 5) is 1.29. The zero-order valence-electron chi connectivity index (χ0n) is 11.8. The minimum Gasteiger partial charge on any atom is -0.472 e. The van der Waals surface area contributed by atoms with Crippen molar-refractivity contribution in [3.63, 3.8) is 0 Å². The van der Waals surface area contributed by atoms with E-state index < -0.39 is 10.0 Å². The lowest BCUT2D eigenvalue weighted by Gasteiger charge is -2.09. The molecule has 0 bridgehead atoms. The summed E-state index contributed by atoms with van der Waals surface area (Å²) in [5.41, 5.74) is 1.61. The molecule has 0 radical (unpaired) electrons. The minimum atomic E-state index is -3.50. The Morgan fingerprint density at radius 3 is 2.86 bits per heavy atom. The van der Waals surface area contributed by atoms with Gasteiger partial charge in [-0.2, -0.15) is 0 Å². The van der Waals surface area contributed by atoms with Crippen molar-refractivity contribution < 1.29 is 12.8 Å². The lowest BCUT2D eigenvalue weighted by Crippen LogP contribution is -2.25. The number of hydrogen-bond acceptors (Lipinski definition) is 5. The fourth-order valence-electron chi connectivity index (χ4n) is 2.14. The third-order valence-corrected chi connectivity index (χ3v) is 6.30. The van der Waals surface area contributed by atoms with E-state index in [2.05, 4.69) is 10.0 Å². The van der Waals surface area contributed by atoms with Gasteiger partial charge in [0.15, 0.2) is 0 Å². The summed E-state index contributed by atoms with van der Waals surface area (Å²) in [5, 5.41) is 5.27. The number of hydrogen-bond donors (Lipinski definition) is 2. The summed E-state index contributed by atoms with van der Waals surface area (Å²) in [6.45, 7) is 2.69. The average molecular weight is 326 g/mol. The Kier molecular flexibility index (Phi) is 4.17. The monoisotopic (exact) mass is 326 g/mol. The van der Waals surface area contributed by atoms with E-state index in [0.29, 0.717) is 17.5 Å². The van der Waals surface area contributed by atoms with Crippen LogP contribution >= 0.6 is 11.3 Å². The van der Waals surface area contributed by atoms with Crippen molar-refractivity contribution in [2.24, 2.45) is 0 Å².